The molecule has 0 unspecified atom stereocenters. The van der Waals surface area contributed by atoms with Crippen LogP contribution in [-0.4, -0.2) is 34.0 Å². The summed E-state index contributed by atoms with van der Waals surface area (Å²) < 4.78 is 5.18. The van der Waals surface area contributed by atoms with Crippen LogP contribution in [0.15, 0.2) is 69.9 Å². The molecule has 1 fully saturated rings. The van der Waals surface area contributed by atoms with Crippen LogP contribution in [0.2, 0.25) is 0 Å². The molecule has 1 aliphatic heterocycles. The maximum Gasteiger partial charge on any atom is 0.242 e. The first-order valence-electron chi connectivity index (χ1n) is 7.96. The Bertz CT molecular complexity index is 795. The number of amidine groups is 1. The van der Waals surface area contributed by atoms with E-state index in [9.17, 15) is 4.79 Å². The number of furan rings is 1. The zero-order chi connectivity index (χ0) is 17.6. The first-order chi connectivity index (χ1) is 12.2. The van der Waals surface area contributed by atoms with Gasteiger partial charge in [0.05, 0.1) is 17.7 Å². The van der Waals surface area contributed by atoms with Gasteiger partial charge in [0, 0.05) is 6.54 Å². The Morgan fingerprint density at radius 3 is 2.80 bits per heavy atom. The van der Waals surface area contributed by atoms with Crippen LogP contribution in [0.3, 0.4) is 0 Å². The molecule has 0 radical (unpaired) electrons. The van der Waals surface area contributed by atoms with Crippen molar-refractivity contribution in [3.05, 3.63) is 72.2 Å². The average Bonchev–Trinajstić information content (AvgIpc) is 3.21. The van der Waals surface area contributed by atoms with Gasteiger partial charge < -0.3 is 4.42 Å². The topological polar surface area (TPSA) is 58.2 Å². The van der Waals surface area contributed by atoms with Crippen molar-refractivity contribution in [3.63, 3.8) is 0 Å². The number of hydrogen-bond acceptors (Lipinski definition) is 5. The van der Waals surface area contributed by atoms with Gasteiger partial charge in [-0.15, -0.1) is 11.7 Å². The number of aryl methyl sites for hydroxylation is 1. The van der Waals surface area contributed by atoms with Crippen molar-refractivity contribution in [2.24, 2.45) is 10.2 Å². The molecule has 1 atom stereocenters. The fraction of sp³-hybridized carbons (Fsp3) is 0.211. The molecule has 1 aromatic heterocycles. The van der Waals surface area contributed by atoms with Crippen molar-refractivity contribution in [1.82, 2.24) is 4.90 Å². The lowest BCUT2D eigenvalue weighted by molar-refractivity contribution is -0.125. The molecular formula is C19H19N3O2S. The van der Waals surface area contributed by atoms with Gasteiger partial charge >= 0.3 is 0 Å². The van der Waals surface area contributed by atoms with Crippen LogP contribution < -0.4 is 0 Å². The Kier molecular flexibility index (Phi) is 5.50. The number of nitrogens with zero attached hydrogens (tertiary/aromatic N) is 3. The maximum atomic E-state index is 12.7. The second-order valence-electron chi connectivity index (χ2n) is 5.68. The third-order valence-electron chi connectivity index (χ3n) is 3.74. The summed E-state index contributed by atoms with van der Waals surface area (Å²) in [7, 11) is 0. The average molecular weight is 353 g/mol. The van der Waals surface area contributed by atoms with Gasteiger partial charge in [0.1, 0.15) is 5.76 Å². The lowest BCUT2D eigenvalue weighted by atomic mass is 10.1. The van der Waals surface area contributed by atoms with E-state index in [1.54, 1.807) is 29.4 Å². The van der Waals surface area contributed by atoms with Gasteiger partial charge in [0.15, 0.2) is 5.17 Å². The highest BCUT2D eigenvalue weighted by atomic mass is 32.2. The molecule has 5 nitrogen and oxygen atoms in total. The van der Waals surface area contributed by atoms with Gasteiger partial charge in [-0.05, 0) is 31.0 Å². The first-order valence-corrected chi connectivity index (χ1v) is 8.84. The molecule has 0 N–H and O–H groups in total. The third-order valence-corrected chi connectivity index (χ3v) is 4.91. The number of thioether (sulfide) groups is 1. The molecule has 0 spiro atoms. The molecule has 1 saturated heterocycles. The summed E-state index contributed by atoms with van der Waals surface area (Å²) in [6, 6.07) is 11.8. The van der Waals surface area contributed by atoms with E-state index >= 15 is 0 Å². The smallest absolute Gasteiger partial charge is 0.242 e. The molecule has 3 rings (SSSR count). The summed E-state index contributed by atoms with van der Waals surface area (Å²) >= 11 is 1.44. The summed E-state index contributed by atoms with van der Waals surface area (Å²) in [4.78, 5) is 14.3. The molecule has 1 amide bonds. The van der Waals surface area contributed by atoms with Crippen molar-refractivity contribution in [2.45, 2.75) is 18.6 Å². The van der Waals surface area contributed by atoms with Crippen LogP contribution in [0, 0.1) is 6.92 Å². The highest BCUT2D eigenvalue weighted by molar-refractivity contribution is 8.15. The van der Waals surface area contributed by atoms with Crippen molar-refractivity contribution >= 4 is 29.1 Å². The van der Waals surface area contributed by atoms with Crippen molar-refractivity contribution < 1.29 is 9.21 Å². The standard InChI is InChI=1S/C19H19N3O2S/c1-3-10-22-18(23)17(12-15-8-6-14(2)7-9-15)25-19(22)21-20-13-16-5-4-11-24-16/h3-9,11,13,17H,1,10,12H2,2H3/b20-13-,21-19-/t17-/m0/s1. The minimum absolute atomic E-state index is 0.0393. The maximum absolute atomic E-state index is 12.7. The number of amides is 1. The van der Waals surface area contributed by atoms with E-state index in [0.717, 1.165) is 5.56 Å². The predicted molar refractivity (Wildman–Crippen MR) is 102 cm³/mol. The Hall–Kier alpha value is -2.60. The molecule has 2 aromatic rings. The van der Waals surface area contributed by atoms with Gasteiger partial charge in [-0.3, -0.25) is 9.69 Å². The number of hydrogen-bond donors (Lipinski definition) is 0. The molecule has 6 heteroatoms. The van der Waals surface area contributed by atoms with Crippen molar-refractivity contribution in [2.75, 3.05) is 6.54 Å². The highest BCUT2D eigenvalue weighted by Gasteiger charge is 2.37. The molecule has 0 aliphatic carbocycles. The third kappa shape index (κ3) is 4.28. The lowest BCUT2D eigenvalue weighted by Gasteiger charge is -2.12. The summed E-state index contributed by atoms with van der Waals surface area (Å²) in [6.45, 7) is 6.19. The Labute approximate surface area is 151 Å². The van der Waals surface area contributed by atoms with Crippen LogP contribution in [-0.2, 0) is 11.2 Å². The summed E-state index contributed by atoms with van der Waals surface area (Å²) in [5.41, 5.74) is 2.34. The fourth-order valence-electron chi connectivity index (χ4n) is 2.45. The van der Waals surface area contributed by atoms with E-state index in [2.05, 4.69) is 41.0 Å². The molecule has 0 saturated carbocycles. The number of benzene rings is 1. The minimum Gasteiger partial charge on any atom is -0.463 e. The zero-order valence-electron chi connectivity index (χ0n) is 14.0. The van der Waals surface area contributed by atoms with Gasteiger partial charge in [0.2, 0.25) is 5.91 Å². The number of carbonyl (C=O) groups is 1. The molecular weight excluding hydrogens is 334 g/mol. The lowest BCUT2D eigenvalue weighted by Crippen LogP contribution is -2.32. The molecule has 25 heavy (non-hydrogen) atoms. The van der Waals surface area contributed by atoms with Crippen LogP contribution in [0.4, 0.5) is 0 Å². The second kappa shape index (κ2) is 7.98. The van der Waals surface area contributed by atoms with Gasteiger partial charge in [-0.2, -0.15) is 5.10 Å². The van der Waals surface area contributed by atoms with Gasteiger partial charge in [-0.25, -0.2) is 0 Å². The quantitative estimate of drug-likeness (QED) is 0.452. The monoisotopic (exact) mass is 353 g/mol. The van der Waals surface area contributed by atoms with Crippen LogP contribution in [0.25, 0.3) is 0 Å². The van der Waals surface area contributed by atoms with E-state index in [0.29, 0.717) is 23.9 Å². The molecule has 128 valence electrons. The number of carbonyl (C=O) groups excluding carboxylic acids is 1. The largest absolute Gasteiger partial charge is 0.463 e. The molecule has 2 heterocycles. The van der Waals surface area contributed by atoms with E-state index in [4.69, 9.17) is 4.42 Å². The zero-order valence-corrected chi connectivity index (χ0v) is 14.8. The summed E-state index contributed by atoms with van der Waals surface area (Å²) in [5.74, 6) is 0.655. The normalized spacial score (nSPS) is 19.2. The van der Waals surface area contributed by atoms with E-state index < -0.39 is 0 Å². The first kappa shape index (κ1) is 17.2. The minimum atomic E-state index is -0.194. The molecule has 0 bridgehead atoms. The van der Waals surface area contributed by atoms with Gasteiger partial charge in [0.25, 0.3) is 0 Å². The summed E-state index contributed by atoms with van der Waals surface area (Å²) in [5, 5.41) is 8.63. The Balaban J connectivity index is 1.74. The van der Waals surface area contributed by atoms with Crippen molar-refractivity contribution in [1.29, 1.82) is 0 Å². The Morgan fingerprint density at radius 1 is 1.32 bits per heavy atom. The van der Waals surface area contributed by atoms with Crippen LogP contribution in [0.5, 0.6) is 0 Å². The Morgan fingerprint density at radius 2 is 2.12 bits per heavy atom. The van der Waals surface area contributed by atoms with Crippen LogP contribution in [0.1, 0.15) is 16.9 Å². The van der Waals surface area contributed by atoms with E-state index in [1.807, 2.05) is 6.92 Å². The SMILES string of the molecule is C=CCN1C(=O)[C@H](Cc2ccc(C)cc2)S/C1=N\N=C/c1ccco1. The summed E-state index contributed by atoms with van der Waals surface area (Å²) in [6.07, 6.45) is 5.46. The molecule has 1 aliphatic rings. The highest BCUT2D eigenvalue weighted by Crippen LogP contribution is 2.30. The van der Waals surface area contributed by atoms with Gasteiger partial charge in [-0.1, -0.05) is 47.7 Å². The predicted octanol–water partition coefficient (Wildman–Crippen LogP) is 3.65. The second-order valence-corrected chi connectivity index (χ2v) is 6.85. The molecule has 1 aromatic carbocycles. The number of rotatable bonds is 6. The fourth-order valence-corrected chi connectivity index (χ4v) is 3.60. The van der Waals surface area contributed by atoms with Crippen LogP contribution >= 0.6 is 11.8 Å². The van der Waals surface area contributed by atoms with E-state index in [1.165, 1.54) is 23.5 Å². The van der Waals surface area contributed by atoms with E-state index in [-0.39, 0.29) is 11.2 Å². The van der Waals surface area contributed by atoms with Crippen molar-refractivity contribution in [3.8, 4) is 0 Å².